The summed E-state index contributed by atoms with van der Waals surface area (Å²) >= 11 is 1.24. The van der Waals surface area contributed by atoms with Gasteiger partial charge in [0.2, 0.25) is 5.91 Å². The van der Waals surface area contributed by atoms with Gasteiger partial charge in [0.15, 0.2) is 5.76 Å². The van der Waals surface area contributed by atoms with Gasteiger partial charge < -0.3 is 9.32 Å². The van der Waals surface area contributed by atoms with Crippen LogP contribution in [0.25, 0.3) is 11.3 Å². The van der Waals surface area contributed by atoms with Crippen LogP contribution in [0.4, 0.5) is 10.1 Å². The maximum atomic E-state index is 13.0. The zero-order valence-corrected chi connectivity index (χ0v) is 14.5. The number of anilines is 1. The predicted octanol–water partition coefficient (Wildman–Crippen LogP) is 4.63. The highest BCUT2D eigenvalue weighted by atomic mass is 32.2. The first-order valence-electron chi connectivity index (χ1n) is 7.87. The van der Waals surface area contributed by atoms with Gasteiger partial charge in [0, 0.05) is 17.8 Å². The number of rotatable bonds is 6. The number of oxazole rings is 1. The standard InChI is InChI=1S/C19H17FN2O2S/c1-2-22(16-6-4-3-5-7-16)18(23)13-25-19-21-12-17(24-19)14-8-10-15(20)11-9-14/h3-12H,2,13H2,1H3. The molecule has 0 fully saturated rings. The maximum absolute atomic E-state index is 13.0. The van der Waals surface area contributed by atoms with Crippen LogP contribution in [0.3, 0.4) is 0 Å². The van der Waals surface area contributed by atoms with Crippen LogP contribution in [-0.2, 0) is 4.79 Å². The number of amides is 1. The summed E-state index contributed by atoms with van der Waals surface area (Å²) in [5, 5.41) is 0.414. The van der Waals surface area contributed by atoms with Gasteiger partial charge in [-0.25, -0.2) is 9.37 Å². The molecule has 0 aliphatic heterocycles. The second kappa shape index (κ2) is 7.98. The van der Waals surface area contributed by atoms with Gasteiger partial charge in [-0.05, 0) is 43.3 Å². The summed E-state index contributed by atoms with van der Waals surface area (Å²) in [6, 6.07) is 15.5. The number of aromatic nitrogens is 1. The van der Waals surface area contributed by atoms with Crippen LogP contribution in [0, 0.1) is 5.82 Å². The van der Waals surface area contributed by atoms with Crippen LogP contribution >= 0.6 is 11.8 Å². The lowest BCUT2D eigenvalue weighted by Crippen LogP contribution is -2.32. The van der Waals surface area contributed by atoms with Crippen LogP contribution in [0.15, 0.2) is 70.4 Å². The molecule has 25 heavy (non-hydrogen) atoms. The number of carbonyl (C=O) groups is 1. The summed E-state index contributed by atoms with van der Waals surface area (Å²) in [6.45, 7) is 2.53. The zero-order valence-electron chi connectivity index (χ0n) is 13.7. The average Bonchev–Trinajstić information content (AvgIpc) is 3.11. The van der Waals surface area contributed by atoms with E-state index in [2.05, 4.69) is 4.98 Å². The Balaban J connectivity index is 1.63. The monoisotopic (exact) mass is 356 g/mol. The molecule has 3 aromatic rings. The normalized spacial score (nSPS) is 10.6. The largest absolute Gasteiger partial charge is 0.431 e. The average molecular weight is 356 g/mol. The summed E-state index contributed by atoms with van der Waals surface area (Å²) in [5.74, 6) is 0.459. The summed E-state index contributed by atoms with van der Waals surface area (Å²) in [5.41, 5.74) is 1.61. The predicted molar refractivity (Wildman–Crippen MR) is 97.1 cm³/mol. The van der Waals surface area contributed by atoms with Crippen LogP contribution in [0.1, 0.15) is 6.92 Å². The second-order valence-electron chi connectivity index (χ2n) is 5.26. The van der Waals surface area contributed by atoms with Crippen LogP contribution in [-0.4, -0.2) is 23.2 Å². The Morgan fingerprint density at radius 2 is 1.88 bits per heavy atom. The summed E-state index contributed by atoms with van der Waals surface area (Å²) in [7, 11) is 0. The van der Waals surface area contributed by atoms with Gasteiger partial charge in [-0.15, -0.1) is 0 Å². The Morgan fingerprint density at radius 3 is 2.56 bits per heavy atom. The van der Waals surface area contributed by atoms with Crippen molar-refractivity contribution in [1.82, 2.24) is 4.98 Å². The number of hydrogen-bond acceptors (Lipinski definition) is 4. The molecule has 2 aromatic carbocycles. The van der Waals surface area contributed by atoms with E-state index < -0.39 is 0 Å². The smallest absolute Gasteiger partial charge is 0.256 e. The minimum absolute atomic E-state index is 0.0137. The quantitative estimate of drug-likeness (QED) is 0.604. The van der Waals surface area contributed by atoms with E-state index in [9.17, 15) is 9.18 Å². The zero-order chi connectivity index (χ0) is 17.6. The number of hydrogen-bond donors (Lipinski definition) is 0. The first-order chi connectivity index (χ1) is 12.2. The van der Waals surface area contributed by atoms with Crippen molar-refractivity contribution in [3.05, 3.63) is 66.6 Å². The van der Waals surface area contributed by atoms with Crippen molar-refractivity contribution in [2.24, 2.45) is 0 Å². The lowest BCUT2D eigenvalue weighted by atomic mass is 10.2. The third-order valence-electron chi connectivity index (χ3n) is 3.62. The lowest BCUT2D eigenvalue weighted by molar-refractivity contribution is -0.116. The molecule has 3 rings (SSSR count). The maximum Gasteiger partial charge on any atom is 0.256 e. The van der Waals surface area contributed by atoms with Crippen LogP contribution in [0.2, 0.25) is 0 Å². The SMILES string of the molecule is CCN(C(=O)CSc1ncc(-c2ccc(F)cc2)o1)c1ccccc1. The fourth-order valence-corrected chi connectivity index (χ4v) is 3.06. The molecule has 0 atom stereocenters. The van der Waals surface area contributed by atoms with Gasteiger partial charge in [0.1, 0.15) is 5.82 Å². The van der Waals surface area contributed by atoms with E-state index in [0.29, 0.717) is 17.5 Å². The van der Waals surface area contributed by atoms with Gasteiger partial charge in [-0.1, -0.05) is 30.0 Å². The van der Waals surface area contributed by atoms with Crippen molar-refractivity contribution < 1.29 is 13.6 Å². The first-order valence-corrected chi connectivity index (χ1v) is 8.86. The molecule has 0 N–H and O–H groups in total. The van der Waals surface area contributed by atoms with Gasteiger partial charge in [-0.2, -0.15) is 0 Å². The van der Waals surface area contributed by atoms with Crippen molar-refractivity contribution in [1.29, 1.82) is 0 Å². The Morgan fingerprint density at radius 1 is 1.16 bits per heavy atom. The van der Waals surface area contributed by atoms with Gasteiger partial charge in [0.05, 0.1) is 11.9 Å². The number of halogens is 1. The van der Waals surface area contributed by atoms with Gasteiger partial charge >= 0.3 is 0 Å². The third kappa shape index (κ3) is 4.28. The highest BCUT2D eigenvalue weighted by molar-refractivity contribution is 7.99. The Bertz CT molecular complexity index is 834. The number of carbonyl (C=O) groups excluding carboxylic acids is 1. The fourth-order valence-electron chi connectivity index (χ4n) is 2.38. The van der Waals surface area contributed by atoms with E-state index in [1.807, 2.05) is 37.3 Å². The molecule has 1 heterocycles. The van der Waals surface area contributed by atoms with Crippen LogP contribution in [0.5, 0.6) is 0 Å². The molecule has 0 aliphatic rings. The summed E-state index contributed by atoms with van der Waals surface area (Å²) in [6.07, 6.45) is 1.58. The minimum atomic E-state index is -0.302. The molecule has 0 aliphatic carbocycles. The molecule has 0 radical (unpaired) electrons. The van der Waals surface area contributed by atoms with Crippen molar-refractivity contribution in [3.8, 4) is 11.3 Å². The van der Waals surface area contributed by atoms with E-state index >= 15 is 0 Å². The van der Waals surface area contributed by atoms with Crippen molar-refractivity contribution in [2.75, 3.05) is 17.2 Å². The van der Waals surface area contributed by atoms with E-state index in [1.165, 1.54) is 23.9 Å². The summed E-state index contributed by atoms with van der Waals surface area (Å²) < 4.78 is 18.6. The molecule has 128 valence electrons. The molecule has 0 bridgehead atoms. The van der Waals surface area contributed by atoms with E-state index in [4.69, 9.17) is 4.42 Å². The van der Waals surface area contributed by atoms with Crippen molar-refractivity contribution in [3.63, 3.8) is 0 Å². The van der Waals surface area contributed by atoms with E-state index in [-0.39, 0.29) is 17.5 Å². The first kappa shape index (κ1) is 17.2. The number of benzene rings is 2. The molecule has 1 amide bonds. The molecular weight excluding hydrogens is 339 g/mol. The highest BCUT2D eigenvalue weighted by Gasteiger charge is 2.16. The Labute approximate surface area is 149 Å². The molecule has 0 saturated heterocycles. The molecule has 0 unspecified atom stereocenters. The number of nitrogens with zero attached hydrogens (tertiary/aromatic N) is 2. The molecule has 0 spiro atoms. The van der Waals surface area contributed by atoms with E-state index in [0.717, 1.165) is 11.3 Å². The molecule has 4 nitrogen and oxygen atoms in total. The molecular formula is C19H17FN2O2S. The Kier molecular flexibility index (Phi) is 5.50. The lowest BCUT2D eigenvalue weighted by Gasteiger charge is -2.20. The molecule has 6 heteroatoms. The number of thioether (sulfide) groups is 1. The fraction of sp³-hybridized carbons (Fsp3) is 0.158. The van der Waals surface area contributed by atoms with Gasteiger partial charge in [0.25, 0.3) is 5.22 Å². The third-order valence-corrected chi connectivity index (χ3v) is 4.44. The van der Waals surface area contributed by atoms with Gasteiger partial charge in [-0.3, -0.25) is 4.79 Å². The number of para-hydroxylation sites is 1. The van der Waals surface area contributed by atoms with Crippen LogP contribution < -0.4 is 4.90 Å². The molecule has 0 saturated carbocycles. The summed E-state index contributed by atoms with van der Waals surface area (Å²) in [4.78, 5) is 18.4. The Hall–Kier alpha value is -2.60. The molecule has 1 aromatic heterocycles. The van der Waals surface area contributed by atoms with E-state index in [1.54, 1.807) is 23.2 Å². The minimum Gasteiger partial charge on any atom is -0.431 e. The van der Waals surface area contributed by atoms with Crippen molar-refractivity contribution in [2.45, 2.75) is 12.1 Å². The topological polar surface area (TPSA) is 46.3 Å². The highest BCUT2D eigenvalue weighted by Crippen LogP contribution is 2.26. The van der Waals surface area contributed by atoms with Crippen molar-refractivity contribution >= 4 is 23.4 Å². The second-order valence-corrected chi connectivity index (χ2v) is 6.19.